The van der Waals surface area contributed by atoms with Crippen molar-refractivity contribution in [2.24, 2.45) is 5.73 Å². The van der Waals surface area contributed by atoms with Gasteiger partial charge in [-0.25, -0.2) is 8.42 Å². The van der Waals surface area contributed by atoms with E-state index in [1.165, 1.54) is 4.31 Å². The molecule has 1 fully saturated rings. The van der Waals surface area contributed by atoms with Crippen molar-refractivity contribution in [1.29, 1.82) is 0 Å². The van der Waals surface area contributed by atoms with Crippen LogP contribution in [0.2, 0.25) is 0 Å². The monoisotopic (exact) mass is 389 g/mol. The van der Waals surface area contributed by atoms with Gasteiger partial charge in [0.2, 0.25) is 15.9 Å². The zero-order valence-electron chi connectivity index (χ0n) is 14.8. The van der Waals surface area contributed by atoms with Crippen molar-refractivity contribution in [1.82, 2.24) is 9.62 Å². The maximum absolute atomic E-state index is 12.4. The van der Waals surface area contributed by atoms with Gasteiger partial charge in [0, 0.05) is 19.6 Å². The number of nitrogens with zero attached hydrogens (tertiary/aromatic N) is 1. The molecule has 0 spiro atoms. The zero-order valence-corrected chi connectivity index (χ0v) is 16.5. The zero-order chi connectivity index (χ0) is 17.8. The number of amides is 1. The lowest BCUT2D eigenvalue weighted by molar-refractivity contribution is -0.126. The Bertz CT molecular complexity index is 667. The number of nitrogens with two attached hydrogens (primary N) is 1. The molecule has 0 atom stereocenters. The smallest absolute Gasteiger partial charge is 0.243 e. The van der Waals surface area contributed by atoms with Gasteiger partial charge in [0.15, 0.2) is 0 Å². The molecule has 25 heavy (non-hydrogen) atoms. The normalized spacial score (nSPS) is 16.5. The second-order valence-electron chi connectivity index (χ2n) is 6.28. The Morgan fingerprint density at radius 2 is 1.68 bits per heavy atom. The highest BCUT2D eigenvalue weighted by Gasteiger charge is 2.36. The largest absolute Gasteiger partial charge is 0.350 e. The summed E-state index contributed by atoms with van der Waals surface area (Å²) in [4.78, 5) is 12.5. The number of carbonyl (C=O) groups is 1. The predicted octanol–water partition coefficient (Wildman–Crippen LogP) is 2.03. The second kappa shape index (κ2) is 8.98. The predicted molar refractivity (Wildman–Crippen MR) is 101 cm³/mol. The molecule has 0 radical (unpaired) electrons. The molecule has 1 amide bonds. The van der Waals surface area contributed by atoms with Gasteiger partial charge in [-0.3, -0.25) is 4.79 Å². The van der Waals surface area contributed by atoms with E-state index in [-0.39, 0.29) is 23.2 Å². The van der Waals surface area contributed by atoms with Crippen molar-refractivity contribution in [2.45, 2.75) is 56.5 Å². The Morgan fingerprint density at radius 3 is 2.16 bits per heavy atom. The van der Waals surface area contributed by atoms with Crippen molar-refractivity contribution in [2.75, 3.05) is 13.1 Å². The summed E-state index contributed by atoms with van der Waals surface area (Å²) >= 11 is 0. The molecule has 1 aliphatic rings. The molecule has 3 N–H and O–H groups in total. The summed E-state index contributed by atoms with van der Waals surface area (Å²) in [5, 5.41) is 2.86. The third-order valence-corrected chi connectivity index (χ3v) is 6.73. The maximum atomic E-state index is 12.4. The summed E-state index contributed by atoms with van der Waals surface area (Å²) in [5.41, 5.74) is 6.22. The topological polar surface area (TPSA) is 92.5 Å². The molecule has 8 heteroatoms. The van der Waals surface area contributed by atoms with Gasteiger partial charge in [0.05, 0.1) is 10.4 Å². The first-order valence-electron chi connectivity index (χ1n) is 8.50. The lowest BCUT2D eigenvalue weighted by atomic mass is 9.98. The Hall–Kier alpha value is -1.15. The summed E-state index contributed by atoms with van der Waals surface area (Å²) in [6.45, 7) is 4.86. The first-order chi connectivity index (χ1) is 11.3. The molecule has 6 nitrogen and oxygen atoms in total. The minimum absolute atomic E-state index is 0. The Labute approximate surface area is 156 Å². The number of benzene rings is 1. The van der Waals surface area contributed by atoms with Crippen LogP contribution in [0.15, 0.2) is 29.2 Å². The second-order valence-corrected chi connectivity index (χ2v) is 8.22. The molecule has 1 aliphatic carbocycles. The highest BCUT2D eigenvalue weighted by Crippen LogP contribution is 2.27. The van der Waals surface area contributed by atoms with E-state index >= 15 is 0 Å². The number of carbonyl (C=O) groups excluding carboxylic acids is 1. The standard InChI is InChI=1S/C17H27N3O3S.ClH/c1-3-20(4-2)24(22,23)15-9-7-14(8-10-15)13-19-16(21)17(18)11-5-6-12-17;/h7-10H,3-6,11-13,18H2,1-2H3,(H,19,21);1H. The van der Waals surface area contributed by atoms with Gasteiger partial charge in [-0.2, -0.15) is 4.31 Å². The molecule has 0 unspecified atom stereocenters. The Balaban J connectivity index is 0.00000312. The van der Waals surface area contributed by atoms with Crippen molar-refractivity contribution in [3.63, 3.8) is 0 Å². The van der Waals surface area contributed by atoms with Crippen LogP contribution in [0.5, 0.6) is 0 Å². The summed E-state index contributed by atoms with van der Waals surface area (Å²) in [7, 11) is -3.45. The third-order valence-electron chi connectivity index (χ3n) is 4.67. The average molecular weight is 390 g/mol. The highest BCUT2D eigenvalue weighted by atomic mass is 35.5. The van der Waals surface area contributed by atoms with Gasteiger partial charge in [0.1, 0.15) is 0 Å². The summed E-state index contributed by atoms with van der Waals surface area (Å²) in [5.74, 6) is -0.125. The van der Waals surface area contributed by atoms with Gasteiger partial charge in [-0.15, -0.1) is 12.4 Å². The van der Waals surface area contributed by atoms with Gasteiger partial charge >= 0.3 is 0 Å². The van der Waals surface area contributed by atoms with Gasteiger partial charge in [-0.1, -0.05) is 38.8 Å². The van der Waals surface area contributed by atoms with Crippen LogP contribution in [-0.4, -0.2) is 37.3 Å². The lowest BCUT2D eigenvalue weighted by Gasteiger charge is -2.22. The van der Waals surface area contributed by atoms with Crippen LogP contribution < -0.4 is 11.1 Å². The highest BCUT2D eigenvalue weighted by molar-refractivity contribution is 7.89. The van der Waals surface area contributed by atoms with Crippen molar-refractivity contribution in [3.8, 4) is 0 Å². The van der Waals surface area contributed by atoms with E-state index < -0.39 is 15.6 Å². The summed E-state index contributed by atoms with van der Waals surface area (Å²) in [6.07, 6.45) is 3.42. The molecule has 1 saturated carbocycles. The number of nitrogens with one attached hydrogen (secondary N) is 1. The summed E-state index contributed by atoms with van der Waals surface area (Å²) in [6, 6.07) is 6.63. The average Bonchev–Trinajstić information content (AvgIpc) is 3.02. The molecule has 0 saturated heterocycles. The molecule has 1 aromatic rings. The number of hydrogen-bond donors (Lipinski definition) is 2. The lowest BCUT2D eigenvalue weighted by Crippen LogP contribution is -2.51. The first-order valence-corrected chi connectivity index (χ1v) is 9.94. The van der Waals surface area contributed by atoms with E-state index in [9.17, 15) is 13.2 Å². The Morgan fingerprint density at radius 1 is 1.16 bits per heavy atom. The van der Waals surface area contributed by atoms with E-state index in [2.05, 4.69) is 5.32 Å². The van der Waals surface area contributed by atoms with E-state index in [1.807, 2.05) is 13.8 Å². The minimum atomic E-state index is -3.45. The molecule has 1 aromatic carbocycles. The van der Waals surface area contributed by atoms with Crippen molar-refractivity contribution < 1.29 is 13.2 Å². The molecular formula is C17H28ClN3O3S. The van der Waals surface area contributed by atoms with Gasteiger partial charge in [-0.05, 0) is 30.5 Å². The minimum Gasteiger partial charge on any atom is -0.350 e. The van der Waals surface area contributed by atoms with E-state index in [0.717, 1.165) is 31.2 Å². The van der Waals surface area contributed by atoms with Crippen LogP contribution in [0.25, 0.3) is 0 Å². The van der Waals surface area contributed by atoms with E-state index in [0.29, 0.717) is 19.6 Å². The molecule has 0 heterocycles. The Kier molecular flexibility index (Phi) is 7.87. The van der Waals surface area contributed by atoms with Crippen LogP contribution >= 0.6 is 12.4 Å². The van der Waals surface area contributed by atoms with E-state index in [4.69, 9.17) is 5.73 Å². The van der Waals surface area contributed by atoms with Gasteiger partial charge < -0.3 is 11.1 Å². The molecule has 142 valence electrons. The number of halogens is 1. The third kappa shape index (κ3) is 4.94. The van der Waals surface area contributed by atoms with Crippen molar-refractivity contribution >= 4 is 28.3 Å². The fourth-order valence-corrected chi connectivity index (χ4v) is 4.54. The van der Waals surface area contributed by atoms with Crippen LogP contribution in [0.1, 0.15) is 45.1 Å². The first kappa shape index (κ1) is 21.9. The number of rotatable bonds is 7. The fraction of sp³-hybridized carbons (Fsp3) is 0.588. The SMILES string of the molecule is CCN(CC)S(=O)(=O)c1ccc(CNC(=O)C2(N)CCCC2)cc1.Cl. The fourth-order valence-electron chi connectivity index (χ4n) is 3.08. The summed E-state index contributed by atoms with van der Waals surface area (Å²) < 4.78 is 26.3. The van der Waals surface area contributed by atoms with Crippen LogP contribution in [0, 0.1) is 0 Å². The van der Waals surface area contributed by atoms with Crippen LogP contribution in [-0.2, 0) is 21.4 Å². The number of hydrogen-bond acceptors (Lipinski definition) is 4. The van der Waals surface area contributed by atoms with Crippen molar-refractivity contribution in [3.05, 3.63) is 29.8 Å². The number of sulfonamides is 1. The molecule has 0 aliphatic heterocycles. The molecule has 0 aromatic heterocycles. The molecule has 2 rings (SSSR count). The molecular weight excluding hydrogens is 362 g/mol. The maximum Gasteiger partial charge on any atom is 0.243 e. The van der Waals surface area contributed by atoms with E-state index in [1.54, 1.807) is 24.3 Å². The van der Waals surface area contributed by atoms with Crippen LogP contribution in [0.4, 0.5) is 0 Å². The molecule has 0 bridgehead atoms. The van der Waals surface area contributed by atoms with Crippen LogP contribution in [0.3, 0.4) is 0 Å². The quantitative estimate of drug-likeness (QED) is 0.746. The van der Waals surface area contributed by atoms with Gasteiger partial charge in [0.25, 0.3) is 0 Å².